The van der Waals surface area contributed by atoms with Gasteiger partial charge in [0, 0.05) is 45.5 Å². The molecular weight excluding hydrogens is 445 g/mol. The number of aryl methyl sites for hydroxylation is 1. The quantitative estimate of drug-likeness (QED) is 0.621. The molecule has 0 amide bonds. The maximum atomic E-state index is 13.0. The molecule has 156 valence electrons. The predicted octanol–water partition coefficient (Wildman–Crippen LogP) is 3.54. The highest BCUT2D eigenvalue weighted by atomic mass is 32.2. The molecule has 6 nitrogen and oxygen atoms in total. The number of nitrogens with zero attached hydrogens (tertiary/aromatic N) is 2. The molecule has 12 heteroatoms. The molecule has 0 bridgehead atoms. The number of aromatic nitrogens is 3. The van der Waals surface area contributed by atoms with E-state index < -0.39 is 33.7 Å². The minimum absolute atomic E-state index is 0.0186. The van der Waals surface area contributed by atoms with E-state index in [0.29, 0.717) is 50.2 Å². The third kappa shape index (κ3) is 4.30. The monoisotopic (exact) mass is 462 g/mol. The Morgan fingerprint density at radius 2 is 2.07 bits per heavy atom. The molecule has 0 aromatic carbocycles. The van der Waals surface area contributed by atoms with Crippen LogP contribution in [0.4, 0.5) is 13.2 Å². The molecule has 2 N–H and O–H groups in total. The largest absolute Gasteiger partial charge is 0.431 e. The van der Waals surface area contributed by atoms with Crippen molar-refractivity contribution >= 4 is 44.2 Å². The number of halogens is 3. The van der Waals surface area contributed by atoms with Crippen LogP contribution >= 0.6 is 11.3 Å². The summed E-state index contributed by atoms with van der Waals surface area (Å²) in [6.45, 7) is 1.72. The van der Waals surface area contributed by atoms with Crippen LogP contribution in [0, 0.1) is 6.92 Å². The van der Waals surface area contributed by atoms with E-state index in [9.17, 15) is 21.6 Å². The van der Waals surface area contributed by atoms with Crippen molar-refractivity contribution in [1.82, 2.24) is 19.7 Å². The van der Waals surface area contributed by atoms with Crippen molar-refractivity contribution in [3.05, 3.63) is 29.7 Å². The molecule has 1 atom stereocenters. The second-order valence-electron chi connectivity index (χ2n) is 6.70. The van der Waals surface area contributed by atoms with E-state index in [1.165, 1.54) is 17.5 Å². The summed E-state index contributed by atoms with van der Waals surface area (Å²) in [6, 6.07) is 2.64. The van der Waals surface area contributed by atoms with Crippen LogP contribution in [0.5, 0.6) is 0 Å². The molecule has 4 heterocycles. The number of hydrogen-bond acceptors (Lipinski definition) is 5. The lowest BCUT2D eigenvalue weighted by Crippen LogP contribution is -2.36. The molecule has 0 spiro atoms. The maximum Gasteiger partial charge on any atom is 0.431 e. The summed E-state index contributed by atoms with van der Waals surface area (Å²) < 4.78 is 67.0. The highest BCUT2D eigenvalue weighted by Gasteiger charge is 2.33. The smallest absolute Gasteiger partial charge is 0.336 e. The number of nitrogens with one attached hydrogen (secondary N) is 2. The summed E-state index contributed by atoms with van der Waals surface area (Å²) in [6.07, 6.45) is -1.70. The van der Waals surface area contributed by atoms with Gasteiger partial charge < -0.3 is 4.98 Å². The summed E-state index contributed by atoms with van der Waals surface area (Å²) in [5, 5.41) is 0.797. The molecule has 1 unspecified atom stereocenters. The first-order valence-corrected chi connectivity index (χ1v) is 12.2. The van der Waals surface area contributed by atoms with E-state index in [0.717, 1.165) is 6.07 Å². The van der Waals surface area contributed by atoms with Gasteiger partial charge in [-0.1, -0.05) is 0 Å². The molecule has 0 aliphatic carbocycles. The van der Waals surface area contributed by atoms with E-state index in [2.05, 4.69) is 19.7 Å². The summed E-state index contributed by atoms with van der Waals surface area (Å²) >= 11 is 1.18. The second kappa shape index (κ2) is 7.89. The fourth-order valence-corrected chi connectivity index (χ4v) is 6.93. The van der Waals surface area contributed by atoms with Gasteiger partial charge in [-0.3, -0.25) is 4.21 Å². The summed E-state index contributed by atoms with van der Waals surface area (Å²) in [5.41, 5.74) is 0.317. The first kappa shape index (κ1) is 20.6. The lowest BCUT2D eigenvalue weighted by molar-refractivity contribution is -0.140. The Morgan fingerprint density at radius 1 is 1.34 bits per heavy atom. The Hall–Kier alpha value is -1.63. The zero-order valence-corrected chi connectivity index (χ0v) is 17.7. The van der Waals surface area contributed by atoms with Crippen LogP contribution in [0.3, 0.4) is 0 Å². The molecule has 4 rings (SSSR count). The first-order chi connectivity index (χ1) is 13.7. The van der Waals surface area contributed by atoms with Crippen LogP contribution in [-0.2, 0) is 28.0 Å². The lowest BCUT2D eigenvalue weighted by atomic mass is 10.2. The number of rotatable bonds is 4. The Labute approximate surface area is 173 Å². The molecule has 1 aliphatic heterocycles. The SMILES string of the molecule is Cc1nc(-c2ccnc3[nH]c(C(F)(F)F)cc23)sc1S(=O)NC1CCS(=O)CC1. The number of thiazole rings is 1. The molecule has 29 heavy (non-hydrogen) atoms. The number of fused-ring (bicyclic) bond motifs is 1. The average molecular weight is 463 g/mol. The van der Waals surface area contributed by atoms with E-state index in [4.69, 9.17) is 0 Å². The highest BCUT2D eigenvalue weighted by Crippen LogP contribution is 2.37. The van der Waals surface area contributed by atoms with Gasteiger partial charge in [0.25, 0.3) is 0 Å². The van der Waals surface area contributed by atoms with Crippen LogP contribution < -0.4 is 4.72 Å². The fourth-order valence-electron chi connectivity index (χ4n) is 3.15. The topological polar surface area (TPSA) is 87.7 Å². The van der Waals surface area contributed by atoms with Crippen molar-refractivity contribution in [3.63, 3.8) is 0 Å². The van der Waals surface area contributed by atoms with Crippen LogP contribution in [-0.4, -0.2) is 40.9 Å². The van der Waals surface area contributed by atoms with Gasteiger partial charge in [0.05, 0.1) is 5.69 Å². The van der Waals surface area contributed by atoms with Crippen LogP contribution in [0.15, 0.2) is 22.5 Å². The Balaban J connectivity index is 1.63. The number of aromatic amines is 1. The van der Waals surface area contributed by atoms with Crippen molar-refractivity contribution in [2.75, 3.05) is 11.5 Å². The van der Waals surface area contributed by atoms with Gasteiger partial charge in [0.1, 0.15) is 31.5 Å². The van der Waals surface area contributed by atoms with Crippen LogP contribution in [0.25, 0.3) is 21.6 Å². The second-order valence-corrected chi connectivity index (χ2v) is 10.8. The van der Waals surface area contributed by atoms with Gasteiger partial charge in [0.2, 0.25) is 0 Å². The Kier molecular flexibility index (Phi) is 5.62. The number of hydrogen-bond donors (Lipinski definition) is 2. The number of pyridine rings is 1. The highest BCUT2D eigenvalue weighted by molar-refractivity contribution is 7.85. The minimum atomic E-state index is -4.50. The molecule has 1 aliphatic rings. The van der Waals surface area contributed by atoms with Crippen LogP contribution in [0.2, 0.25) is 0 Å². The third-order valence-electron chi connectivity index (χ3n) is 4.65. The standard InChI is InChI=1S/C17H17F3N4O2S3/c1-9-16(29(26)24-10-3-6-28(25)7-4-10)27-15(22-9)11-2-5-21-14-12(11)8-13(23-14)17(18,19)20/h2,5,8,10,24H,3-4,6-7H2,1H3,(H,21,23). The molecular formula is C17H17F3N4O2S3. The summed E-state index contributed by atoms with van der Waals surface area (Å²) in [4.78, 5) is 10.7. The Bertz CT molecular complexity index is 1100. The zero-order valence-electron chi connectivity index (χ0n) is 15.2. The molecule has 1 fully saturated rings. The summed E-state index contributed by atoms with van der Waals surface area (Å²) in [7, 11) is -2.30. The van der Waals surface area contributed by atoms with E-state index in [1.54, 1.807) is 13.0 Å². The normalized spacial score (nSPS) is 21.5. The van der Waals surface area contributed by atoms with Crippen molar-refractivity contribution in [2.24, 2.45) is 0 Å². The Morgan fingerprint density at radius 3 is 2.76 bits per heavy atom. The maximum absolute atomic E-state index is 13.0. The van der Waals surface area contributed by atoms with Gasteiger partial charge >= 0.3 is 6.18 Å². The number of H-pyrrole nitrogens is 1. The van der Waals surface area contributed by atoms with E-state index >= 15 is 0 Å². The molecule has 3 aromatic heterocycles. The third-order valence-corrected chi connectivity index (χ3v) is 8.90. The average Bonchev–Trinajstić information content (AvgIpc) is 3.27. The van der Waals surface area contributed by atoms with Crippen molar-refractivity contribution < 1.29 is 21.6 Å². The van der Waals surface area contributed by atoms with Gasteiger partial charge in [-0.2, -0.15) is 13.2 Å². The van der Waals surface area contributed by atoms with Crippen molar-refractivity contribution in [1.29, 1.82) is 0 Å². The van der Waals surface area contributed by atoms with Crippen LogP contribution in [0.1, 0.15) is 24.2 Å². The van der Waals surface area contributed by atoms with E-state index in [-0.39, 0.29) is 11.7 Å². The van der Waals surface area contributed by atoms with Gasteiger partial charge in [-0.05, 0) is 31.9 Å². The van der Waals surface area contributed by atoms with E-state index in [1.807, 2.05) is 0 Å². The lowest BCUT2D eigenvalue weighted by Gasteiger charge is -2.21. The van der Waals surface area contributed by atoms with Gasteiger partial charge in [-0.25, -0.2) is 18.9 Å². The zero-order chi connectivity index (χ0) is 20.8. The van der Waals surface area contributed by atoms with Crippen molar-refractivity contribution in [2.45, 2.75) is 36.2 Å². The van der Waals surface area contributed by atoms with Gasteiger partial charge in [0.15, 0.2) is 0 Å². The minimum Gasteiger partial charge on any atom is -0.336 e. The molecule has 3 aromatic rings. The van der Waals surface area contributed by atoms with Crippen molar-refractivity contribution in [3.8, 4) is 10.6 Å². The number of alkyl halides is 3. The first-order valence-electron chi connectivity index (χ1n) is 8.78. The molecule has 1 saturated heterocycles. The predicted molar refractivity (Wildman–Crippen MR) is 107 cm³/mol. The molecule has 0 radical (unpaired) electrons. The van der Waals surface area contributed by atoms with Gasteiger partial charge in [-0.15, -0.1) is 11.3 Å². The fraction of sp³-hybridized carbons (Fsp3) is 0.412. The molecule has 0 saturated carbocycles. The summed E-state index contributed by atoms with van der Waals surface area (Å²) in [5.74, 6) is 1.18.